The minimum Gasteiger partial charge on any atom is -0.312 e. The molecule has 2 rings (SSSR count). The first-order valence-corrected chi connectivity index (χ1v) is 6.32. The van der Waals surface area contributed by atoms with Crippen LogP contribution in [0.25, 0.3) is 0 Å². The van der Waals surface area contributed by atoms with Crippen molar-refractivity contribution in [2.45, 2.75) is 46.0 Å². The SMILES string of the molecule is CC(=O)N1CCCc2c1cccc2C(C)(C)C. The van der Waals surface area contributed by atoms with Gasteiger partial charge in [-0.25, -0.2) is 0 Å². The maximum Gasteiger partial charge on any atom is 0.223 e. The minimum atomic E-state index is 0.144. The predicted octanol–water partition coefficient (Wildman–Crippen LogP) is 3.28. The molecular weight excluding hydrogens is 210 g/mol. The molecule has 1 aliphatic rings. The zero-order chi connectivity index (χ0) is 12.6. The van der Waals surface area contributed by atoms with Crippen molar-refractivity contribution >= 4 is 11.6 Å². The van der Waals surface area contributed by atoms with Crippen LogP contribution in [0.15, 0.2) is 18.2 Å². The van der Waals surface area contributed by atoms with Gasteiger partial charge in [-0.3, -0.25) is 4.79 Å². The first-order valence-electron chi connectivity index (χ1n) is 6.32. The van der Waals surface area contributed by atoms with Gasteiger partial charge in [-0.1, -0.05) is 32.9 Å². The topological polar surface area (TPSA) is 20.3 Å². The summed E-state index contributed by atoms with van der Waals surface area (Å²) in [7, 11) is 0. The average Bonchev–Trinajstić information content (AvgIpc) is 2.26. The van der Waals surface area contributed by atoms with Crippen LogP contribution in [-0.2, 0) is 16.6 Å². The minimum absolute atomic E-state index is 0.144. The molecule has 0 fully saturated rings. The Balaban J connectivity index is 2.55. The number of hydrogen-bond donors (Lipinski definition) is 0. The monoisotopic (exact) mass is 231 g/mol. The van der Waals surface area contributed by atoms with Crippen LogP contribution < -0.4 is 4.90 Å². The molecule has 0 aliphatic carbocycles. The van der Waals surface area contributed by atoms with E-state index in [1.165, 1.54) is 11.1 Å². The molecule has 0 radical (unpaired) electrons. The number of nitrogens with zero attached hydrogens (tertiary/aromatic N) is 1. The van der Waals surface area contributed by atoms with Crippen molar-refractivity contribution in [1.29, 1.82) is 0 Å². The van der Waals surface area contributed by atoms with E-state index in [1.54, 1.807) is 6.92 Å². The van der Waals surface area contributed by atoms with Crippen molar-refractivity contribution in [2.24, 2.45) is 0 Å². The summed E-state index contributed by atoms with van der Waals surface area (Å²) >= 11 is 0. The summed E-state index contributed by atoms with van der Waals surface area (Å²) in [5, 5.41) is 0. The second-order valence-electron chi connectivity index (χ2n) is 5.83. The van der Waals surface area contributed by atoms with E-state index in [1.807, 2.05) is 4.90 Å². The molecule has 1 aliphatic heterocycles. The lowest BCUT2D eigenvalue weighted by atomic mass is 9.81. The Bertz CT molecular complexity index is 443. The molecule has 1 heterocycles. The van der Waals surface area contributed by atoms with Gasteiger partial charge in [-0.2, -0.15) is 0 Å². The molecule has 1 aromatic rings. The van der Waals surface area contributed by atoms with Crippen LogP contribution in [-0.4, -0.2) is 12.5 Å². The van der Waals surface area contributed by atoms with Crippen molar-refractivity contribution in [3.05, 3.63) is 29.3 Å². The standard InChI is InChI=1S/C15H21NO/c1-11(17)16-10-6-7-12-13(15(2,3)4)8-5-9-14(12)16/h5,8-9H,6-7,10H2,1-4H3. The van der Waals surface area contributed by atoms with Gasteiger partial charge in [-0.05, 0) is 35.4 Å². The van der Waals surface area contributed by atoms with Gasteiger partial charge in [0, 0.05) is 19.2 Å². The van der Waals surface area contributed by atoms with Gasteiger partial charge in [0.25, 0.3) is 0 Å². The third-order valence-electron chi connectivity index (χ3n) is 3.44. The van der Waals surface area contributed by atoms with Crippen LogP contribution in [0.3, 0.4) is 0 Å². The molecule has 0 atom stereocenters. The van der Waals surface area contributed by atoms with Crippen LogP contribution in [0.4, 0.5) is 5.69 Å². The lowest BCUT2D eigenvalue weighted by Gasteiger charge is -2.33. The Morgan fingerprint density at radius 1 is 1.29 bits per heavy atom. The molecular formula is C15H21NO. The quantitative estimate of drug-likeness (QED) is 0.671. The van der Waals surface area contributed by atoms with Gasteiger partial charge in [0.15, 0.2) is 0 Å². The van der Waals surface area contributed by atoms with E-state index < -0.39 is 0 Å². The van der Waals surface area contributed by atoms with E-state index in [9.17, 15) is 4.79 Å². The molecule has 0 N–H and O–H groups in total. The largest absolute Gasteiger partial charge is 0.312 e. The zero-order valence-electron chi connectivity index (χ0n) is 11.2. The third-order valence-corrected chi connectivity index (χ3v) is 3.44. The van der Waals surface area contributed by atoms with Crippen LogP contribution in [0, 0.1) is 0 Å². The summed E-state index contributed by atoms with van der Waals surface area (Å²) in [6.07, 6.45) is 2.16. The highest BCUT2D eigenvalue weighted by Gasteiger charge is 2.26. The molecule has 0 unspecified atom stereocenters. The maximum absolute atomic E-state index is 11.6. The van der Waals surface area contributed by atoms with E-state index in [-0.39, 0.29) is 11.3 Å². The Labute approximate surface area is 104 Å². The van der Waals surface area contributed by atoms with Crippen molar-refractivity contribution in [3.63, 3.8) is 0 Å². The smallest absolute Gasteiger partial charge is 0.223 e. The fourth-order valence-corrected chi connectivity index (χ4v) is 2.65. The highest BCUT2D eigenvalue weighted by molar-refractivity contribution is 5.93. The van der Waals surface area contributed by atoms with Gasteiger partial charge in [0.2, 0.25) is 5.91 Å². The summed E-state index contributed by atoms with van der Waals surface area (Å²) in [4.78, 5) is 13.6. The number of fused-ring (bicyclic) bond motifs is 1. The van der Waals surface area contributed by atoms with Crippen molar-refractivity contribution in [2.75, 3.05) is 11.4 Å². The second-order valence-corrected chi connectivity index (χ2v) is 5.83. The third kappa shape index (κ3) is 2.21. The Morgan fingerprint density at radius 2 is 2.00 bits per heavy atom. The molecule has 2 nitrogen and oxygen atoms in total. The van der Waals surface area contributed by atoms with Crippen molar-refractivity contribution in [1.82, 2.24) is 0 Å². The van der Waals surface area contributed by atoms with E-state index >= 15 is 0 Å². The van der Waals surface area contributed by atoms with E-state index in [4.69, 9.17) is 0 Å². The Morgan fingerprint density at radius 3 is 2.59 bits per heavy atom. The number of rotatable bonds is 0. The highest BCUT2D eigenvalue weighted by Crippen LogP contribution is 2.35. The molecule has 0 spiro atoms. The first-order chi connectivity index (χ1) is 7.91. The molecule has 0 aromatic heterocycles. The molecule has 1 amide bonds. The van der Waals surface area contributed by atoms with E-state index in [2.05, 4.69) is 39.0 Å². The fraction of sp³-hybridized carbons (Fsp3) is 0.533. The molecule has 92 valence electrons. The zero-order valence-corrected chi connectivity index (χ0v) is 11.2. The average molecular weight is 231 g/mol. The number of hydrogen-bond acceptors (Lipinski definition) is 1. The van der Waals surface area contributed by atoms with E-state index in [0.29, 0.717) is 0 Å². The van der Waals surface area contributed by atoms with E-state index in [0.717, 1.165) is 25.1 Å². The van der Waals surface area contributed by atoms with Gasteiger partial charge < -0.3 is 4.90 Å². The van der Waals surface area contributed by atoms with Gasteiger partial charge in [0.05, 0.1) is 0 Å². The molecule has 2 heteroatoms. The predicted molar refractivity (Wildman–Crippen MR) is 71.5 cm³/mol. The number of carbonyl (C=O) groups excluding carboxylic acids is 1. The number of carbonyl (C=O) groups is 1. The Kier molecular flexibility index (Phi) is 2.98. The van der Waals surface area contributed by atoms with Crippen LogP contribution in [0.5, 0.6) is 0 Å². The molecule has 0 bridgehead atoms. The Hall–Kier alpha value is -1.31. The number of benzene rings is 1. The highest BCUT2D eigenvalue weighted by atomic mass is 16.2. The normalized spacial score (nSPS) is 15.6. The van der Waals surface area contributed by atoms with Crippen molar-refractivity contribution in [3.8, 4) is 0 Å². The van der Waals surface area contributed by atoms with Crippen LogP contribution >= 0.6 is 0 Å². The van der Waals surface area contributed by atoms with Crippen molar-refractivity contribution < 1.29 is 4.79 Å². The summed E-state index contributed by atoms with van der Waals surface area (Å²) < 4.78 is 0. The number of anilines is 1. The van der Waals surface area contributed by atoms with Gasteiger partial charge >= 0.3 is 0 Å². The van der Waals surface area contributed by atoms with Gasteiger partial charge in [-0.15, -0.1) is 0 Å². The molecule has 0 saturated carbocycles. The lowest BCUT2D eigenvalue weighted by Crippen LogP contribution is -2.34. The second kappa shape index (κ2) is 4.17. The van der Waals surface area contributed by atoms with Gasteiger partial charge in [0.1, 0.15) is 0 Å². The summed E-state index contributed by atoms with van der Waals surface area (Å²) in [6, 6.07) is 6.34. The fourth-order valence-electron chi connectivity index (χ4n) is 2.65. The lowest BCUT2D eigenvalue weighted by molar-refractivity contribution is -0.116. The summed E-state index contributed by atoms with van der Waals surface area (Å²) in [6.45, 7) is 9.20. The maximum atomic E-state index is 11.6. The molecule has 0 saturated heterocycles. The first kappa shape index (κ1) is 12.2. The summed E-state index contributed by atoms with van der Waals surface area (Å²) in [5.41, 5.74) is 4.00. The van der Waals surface area contributed by atoms with Crippen LogP contribution in [0.1, 0.15) is 45.2 Å². The number of amides is 1. The molecule has 17 heavy (non-hydrogen) atoms. The molecule has 1 aromatic carbocycles. The summed E-state index contributed by atoms with van der Waals surface area (Å²) in [5.74, 6) is 0.150. The van der Waals surface area contributed by atoms with Crippen LogP contribution in [0.2, 0.25) is 0 Å².